The highest BCUT2D eigenvalue weighted by Gasteiger charge is 2.33. The first-order chi connectivity index (χ1) is 17.4. The molecule has 0 saturated carbocycles. The van der Waals surface area contributed by atoms with Crippen LogP contribution in [-0.2, 0) is 17.8 Å². The molecule has 0 bridgehead atoms. The quantitative estimate of drug-likeness (QED) is 0.484. The van der Waals surface area contributed by atoms with Gasteiger partial charge in [0.2, 0.25) is 5.91 Å². The molecule has 3 heterocycles. The van der Waals surface area contributed by atoms with E-state index in [-0.39, 0.29) is 30.3 Å². The average molecular weight is 490 g/mol. The maximum atomic E-state index is 13.3. The van der Waals surface area contributed by atoms with Crippen molar-refractivity contribution in [2.75, 3.05) is 27.2 Å². The highest BCUT2D eigenvalue weighted by molar-refractivity contribution is 5.94. The number of methoxy groups -OCH3 is 1. The van der Waals surface area contributed by atoms with Crippen molar-refractivity contribution in [1.29, 1.82) is 0 Å². The average Bonchev–Trinajstić information content (AvgIpc) is 3.23. The Morgan fingerprint density at radius 1 is 1.14 bits per heavy atom. The molecule has 1 aromatic carbocycles. The largest absolute Gasteiger partial charge is 0.497 e. The van der Waals surface area contributed by atoms with Gasteiger partial charge in [-0.15, -0.1) is 0 Å². The van der Waals surface area contributed by atoms with Gasteiger partial charge in [0.15, 0.2) is 0 Å². The second-order valence-corrected chi connectivity index (χ2v) is 9.58. The standard InChI is InChI=1S/C28H35N5O3/c1-20-15-21(2)33(30-20)19-27(34)32-13-10-23(11-14-32)26(17-22-7-5-9-25(16-22)36-4)31(3)28(35)24-8-6-12-29-18-24/h5-9,12,15-16,18,23,26H,10-11,13-14,17,19H2,1-4H3/t26-/m0/s1. The molecule has 1 atom stereocenters. The number of ether oxygens (including phenoxy) is 1. The minimum Gasteiger partial charge on any atom is -0.497 e. The highest BCUT2D eigenvalue weighted by Crippen LogP contribution is 2.28. The van der Waals surface area contributed by atoms with Gasteiger partial charge in [0.1, 0.15) is 12.3 Å². The van der Waals surface area contributed by atoms with E-state index in [1.54, 1.807) is 36.3 Å². The van der Waals surface area contributed by atoms with Crippen LogP contribution in [0, 0.1) is 19.8 Å². The summed E-state index contributed by atoms with van der Waals surface area (Å²) in [6.45, 7) is 5.51. The van der Waals surface area contributed by atoms with E-state index in [9.17, 15) is 9.59 Å². The van der Waals surface area contributed by atoms with Crippen LogP contribution in [0.4, 0.5) is 0 Å². The summed E-state index contributed by atoms with van der Waals surface area (Å²) in [6, 6.07) is 13.6. The lowest BCUT2D eigenvalue weighted by Crippen LogP contribution is -2.49. The number of rotatable bonds is 8. The molecule has 0 N–H and O–H groups in total. The highest BCUT2D eigenvalue weighted by atomic mass is 16.5. The fraction of sp³-hybridized carbons (Fsp3) is 0.429. The van der Waals surface area contributed by atoms with Crippen molar-refractivity contribution in [3.05, 3.63) is 77.4 Å². The van der Waals surface area contributed by atoms with Crippen LogP contribution in [0.15, 0.2) is 54.9 Å². The van der Waals surface area contributed by atoms with Crippen molar-refractivity contribution < 1.29 is 14.3 Å². The number of hydrogen-bond donors (Lipinski definition) is 0. The topological polar surface area (TPSA) is 80.6 Å². The molecule has 1 fully saturated rings. The second-order valence-electron chi connectivity index (χ2n) is 9.58. The molecule has 4 rings (SSSR count). The zero-order chi connectivity index (χ0) is 25.7. The Bertz CT molecular complexity index is 1180. The van der Waals surface area contributed by atoms with Gasteiger partial charge in [-0.05, 0) is 74.9 Å². The molecule has 1 saturated heterocycles. The van der Waals surface area contributed by atoms with Gasteiger partial charge in [0.05, 0.1) is 18.4 Å². The number of carbonyl (C=O) groups excluding carboxylic acids is 2. The number of pyridine rings is 1. The molecule has 1 aliphatic rings. The Morgan fingerprint density at radius 2 is 1.92 bits per heavy atom. The smallest absolute Gasteiger partial charge is 0.255 e. The van der Waals surface area contributed by atoms with E-state index < -0.39 is 0 Å². The molecule has 1 aliphatic heterocycles. The van der Waals surface area contributed by atoms with Gasteiger partial charge in [0.25, 0.3) is 5.91 Å². The molecular weight excluding hydrogens is 454 g/mol. The fourth-order valence-electron chi connectivity index (χ4n) is 5.10. The van der Waals surface area contributed by atoms with Crippen LogP contribution in [0.25, 0.3) is 0 Å². The van der Waals surface area contributed by atoms with Crippen LogP contribution < -0.4 is 4.74 Å². The first-order valence-corrected chi connectivity index (χ1v) is 12.4. The third-order valence-electron chi connectivity index (χ3n) is 7.13. The number of piperidine rings is 1. The zero-order valence-corrected chi connectivity index (χ0v) is 21.6. The SMILES string of the molecule is COc1cccc(C[C@@H](C2CCN(C(=O)Cn3nc(C)cc3C)CC2)N(C)C(=O)c2cccnc2)c1. The van der Waals surface area contributed by atoms with Crippen LogP contribution in [0.3, 0.4) is 0 Å². The van der Waals surface area contributed by atoms with Gasteiger partial charge >= 0.3 is 0 Å². The van der Waals surface area contributed by atoms with E-state index in [0.29, 0.717) is 25.1 Å². The van der Waals surface area contributed by atoms with Gasteiger partial charge < -0.3 is 14.5 Å². The summed E-state index contributed by atoms with van der Waals surface area (Å²) >= 11 is 0. The van der Waals surface area contributed by atoms with Crippen molar-refractivity contribution >= 4 is 11.8 Å². The maximum absolute atomic E-state index is 13.3. The number of aryl methyl sites for hydroxylation is 2. The summed E-state index contributed by atoms with van der Waals surface area (Å²) in [4.78, 5) is 34.2. The summed E-state index contributed by atoms with van der Waals surface area (Å²) < 4.78 is 7.19. The molecule has 8 nitrogen and oxygen atoms in total. The number of aromatic nitrogens is 3. The molecule has 0 spiro atoms. The molecule has 0 aliphatic carbocycles. The Kier molecular flexibility index (Phi) is 8.03. The molecular formula is C28H35N5O3. The van der Waals surface area contributed by atoms with Crippen molar-refractivity contribution in [3.63, 3.8) is 0 Å². The van der Waals surface area contributed by atoms with Crippen molar-refractivity contribution in [2.24, 2.45) is 5.92 Å². The van der Waals surface area contributed by atoms with E-state index in [1.165, 1.54) is 0 Å². The predicted octanol–water partition coefficient (Wildman–Crippen LogP) is 3.53. The number of benzene rings is 1. The van der Waals surface area contributed by atoms with Gasteiger partial charge in [0, 0.05) is 44.3 Å². The lowest BCUT2D eigenvalue weighted by molar-refractivity contribution is -0.133. The molecule has 0 radical (unpaired) electrons. The van der Waals surface area contributed by atoms with Crippen molar-refractivity contribution in [1.82, 2.24) is 24.6 Å². The van der Waals surface area contributed by atoms with E-state index >= 15 is 0 Å². The van der Waals surface area contributed by atoms with E-state index in [4.69, 9.17) is 4.74 Å². The van der Waals surface area contributed by atoms with E-state index in [1.807, 2.05) is 55.0 Å². The molecule has 2 amide bonds. The zero-order valence-electron chi connectivity index (χ0n) is 21.6. The molecule has 3 aromatic rings. The number of carbonyl (C=O) groups is 2. The first-order valence-electron chi connectivity index (χ1n) is 12.4. The summed E-state index contributed by atoms with van der Waals surface area (Å²) in [5.74, 6) is 1.11. The van der Waals surface area contributed by atoms with Crippen LogP contribution in [0.2, 0.25) is 0 Å². The predicted molar refractivity (Wildman–Crippen MR) is 138 cm³/mol. The lowest BCUT2D eigenvalue weighted by atomic mass is 9.84. The Hall–Kier alpha value is -3.68. The van der Waals surface area contributed by atoms with Crippen LogP contribution in [0.1, 0.15) is 40.2 Å². The molecule has 2 aromatic heterocycles. The minimum absolute atomic E-state index is 0.0157. The molecule has 190 valence electrons. The molecule has 8 heteroatoms. The van der Waals surface area contributed by atoms with Crippen molar-refractivity contribution in [3.8, 4) is 5.75 Å². The van der Waals surface area contributed by atoms with Crippen LogP contribution >= 0.6 is 0 Å². The lowest BCUT2D eigenvalue weighted by Gasteiger charge is -2.40. The van der Waals surface area contributed by atoms with Crippen molar-refractivity contribution in [2.45, 2.75) is 45.7 Å². The monoisotopic (exact) mass is 489 g/mol. The Balaban J connectivity index is 1.48. The maximum Gasteiger partial charge on any atom is 0.255 e. The third-order valence-corrected chi connectivity index (χ3v) is 7.13. The molecule has 0 unspecified atom stereocenters. The van der Waals surface area contributed by atoms with Gasteiger partial charge in [-0.1, -0.05) is 12.1 Å². The summed E-state index contributed by atoms with van der Waals surface area (Å²) in [5, 5.41) is 4.43. The van der Waals surface area contributed by atoms with Gasteiger partial charge in [-0.3, -0.25) is 19.3 Å². The first kappa shape index (κ1) is 25.4. The second kappa shape index (κ2) is 11.4. The fourth-order valence-corrected chi connectivity index (χ4v) is 5.10. The summed E-state index contributed by atoms with van der Waals surface area (Å²) in [5.41, 5.74) is 3.60. The van der Waals surface area contributed by atoms with Gasteiger partial charge in [-0.2, -0.15) is 5.10 Å². The number of amides is 2. The van der Waals surface area contributed by atoms with Crippen LogP contribution in [-0.4, -0.2) is 69.7 Å². The van der Waals surface area contributed by atoms with Crippen LogP contribution in [0.5, 0.6) is 5.75 Å². The third kappa shape index (κ3) is 5.93. The normalized spacial score (nSPS) is 14.9. The summed E-state index contributed by atoms with van der Waals surface area (Å²) in [7, 11) is 3.54. The summed E-state index contributed by atoms with van der Waals surface area (Å²) in [6.07, 6.45) is 5.67. The van der Waals surface area contributed by atoms with E-state index in [2.05, 4.69) is 16.1 Å². The number of likely N-dealkylation sites (tertiary alicyclic amines) is 1. The van der Waals surface area contributed by atoms with E-state index in [0.717, 1.165) is 35.5 Å². The van der Waals surface area contributed by atoms with Gasteiger partial charge in [-0.25, -0.2) is 0 Å². The minimum atomic E-state index is -0.0426. The Morgan fingerprint density at radius 3 is 2.56 bits per heavy atom. The number of likely N-dealkylation sites (N-methyl/N-ethyl adjacent to an activating group) is 1. The number of hydrogen-bond acceptors (Lipinski definition) is 5. The molecule has 36 heavy (non-hydrogen) atoms. The Labute approximate surface area is 212 Å². The number of nitrogens with zero attached hydrogens (tertiary/aromatic N) is 5.